The van der Waals surface area contributed by atoms with Crippen LogP contribution in [0.3, 0.4) is 0 Å². The summed E-state index contributed by atoms with van der Waals surface area (Å²) >= 11 is 0. The molecule has 9 rings (SSSR count). The Hall–Kier alpha value is -0.780. The third kappa shape index (κ3) is 2.43. The van der Waals surface area contributed by atoms with Crippen molar-refractivity contribution in [2.45, 2.75) is 150 Å². The molecule has 0 unspecified atom stereocenters. The van der Waals surface area contributed by atoms with E-state index in [1.807, 2.05) is 11.1 Å². The van der Waals surface area contributed by atoms with Crippen molar-refractivity contribution in [3.8, 4) is 0 Å². The van der Waals surface area contributed by atoms with Crippen LogP contribution in [0.2, 0.25) is 0 Å². The highest BCUT2D eigenvalue weighted by Crippen LogP contribution is 2.68. The smallest absolute Gasteiger partial charge is 0.00381 e. The molecule has 1 aromatic carbocycles. The highest BCUT2D eigenvalue weighted by molar-refractivity contribution is 5.57. The van der Waals surface area contributed by atoms with Crippen molar-refractivity contribution >= 4 is 0 Å². The lowest BCUT2D eigenvalue weighted by atomic mass is 9.58. The van der Waals surface area contributed by atoms with Crippen LogP contribution in [0.15, 0.2) is 12.1 Å². The predicted molar refractivity (Wildman–Crippen MR) is 139 cm³/mol. The Labute approximate surface area is 208 Å². The number of rotatable bonds is 4. The van der Waals surface area contributed by atoms with Crippen molar-refractivity contribution in [2.75, 3.05) is 0 Å². The van der Waals surface area contributed by atoms with Crippen LogP contribution >= 0.6 is 0 Å². The second-order valence-corrected chi connectivity index (χ2v) is 15.6. The second-order valence-electron chi connectivity index (χ2n) is 15.6. The van der Waals surface area contributed by atoms with Crippen LogP contribution in [0.5, 0.6) is 0 Å². The van der Waals surface area contributed by atoms with Crippen LogP contribution in [0.4, 0.5) is 0 Å². The van der Waals surface area contributed by atoms with Gasteiger partial charge in [0.2, 0.25) is 0 Å². The highest BCUT2D eigenvalue weighted by atomic mass is 14.6. The molecule has 0 heterocycles. The van der Waals surface area contributed by atoms with Gasteiger partial charge in [-0.25, -0.2) is 0 Å². The molecule has 0 radical (unpaired) electrons. The van der Waals surface area contributed by atoms with E-state index >= 15 is 0 Å². The maximum absolute atomic E-state index is 2.83. The molecular formula is C34H46. The third-order valence-corrected chi connectivity index (χ3v) is 14.4. The van der Waals surface area contributed by atoms with E-state index in [-0.39, 0.29) is 0 Å². The molecule has 0 heteroatoms. The molecule has 8 fully saturated rings. The SMILES string of the molecule is c1cc(C23CCC(CC2)C3)c(C23CCC(CC2)C3)c(C23CCC(CC2)C3)c1C12CCC(CC1)C2. The maximum Gasteiger partial charge on any atom is -0.00381 e. The average molecular weight is 455 g/mol. The fourth-order valence-corrected chi connectivity index (χ4v) is 12.8. The van der Waals surface area contributed by atoms with Crippen LogP contribution < -0.4 is 0 Å². The van der Waals surface area contributed by atoms with Gasteiger partial charge in [-0.15, -0.1) is 0 Å². The Morgan fingerprint density at radius 1 is 0.382 bits per heavy atom. The number of hydrogen-bond donors (Lipinski definition) is 0. The zero-order valence-corrected chi connectivity index (χ0v) is 21.6. The van der Waals surface area contributed by atoms with Gasteiger partial charge in [-0.3, -0.25) is 0 Å². The van der Waals surface area contributed by atoms with E-state index in [2.05, 4.69) is 23.3 Å². The predicted octanol–water partition coefficient (Wildman–Crippen LogP) is 9.01. The minimum atomic E-state index is 0.571. The van der Waals surface area contributed by atoms with Crippen molar-refractivity contribution in [1.82, 2.24) is 0 Å². The molecule has 1 aromatic rings. The molecule has 0 aliphatic heterocycles. The van der Waals surface area contributed by atoms with Crippen molar-refractivity contribution in [3.63, 3.8) is 0 Å². The first-order valence-corrected chi connectivity index (χ1v) is 15.8. The third-order valence-electron chi connectivity index (χ3n) is 14.4. The van der Waals surface area contributed by atoms with E-state index in [9.17, 15) is 0 Å². The summed E-state index contributed by atoms with van der Waals surface area (Å²) in [7, 11) is 0. The summed E-state index contributed by atoms with van der Waals surface area (Å²) in [5.41, 5.74) is 10.4. The van der Waals surface area contributed by atoms with Crippen molar-refractivity contribution in [2.24, 2.45) is 23.7 Å². The molecule has 8 aliphatic carbocycles. The average Bonchev–Trinajstić information content (AvgIpc) is 3.73. The molecule has 0 amide bonds. The van der Waals surface area contributed by atoms with Crippen molar-refractivity contribution in [1.29, 1.82) is 0 Å². The van der Waals surface area contributed by atoms with Crippen LogP contribution in [-0.2, 0) is 21.7 Å². The Bertz CT molecular complexity index is 927. The number of hydrogen-bond acceptors (Lipinski definition) is 0. The normalized spacial score (nSPS) is 52.0. The quantitative estimate of drug-likeness (QED) is 0.426. The summed E-state index contributed by atoms with van der Waals surface area (Å²) in [5, 5.41) is 0. The molecule has 0 spiro atoms. The van der Waals surface area contributed by atoms with Crippen LogP contribution in [0.25, 0.3) is 0 Å². The fraction of sp³-hybridized carbons (Fsp3) is 0.824. The summed E-state index contributed by atoms with van der Waals surface area (Å²) in [6, 6.07) is 5.67. The molecule has 34 heavy (non-hydrogen) atoms. The Kier molecular flexibility index (Phi) is 3.91. The van der Waals surface area contributed by atoms with E-state index in [0.717, 1.165) is 23.7 Å². The van der Waals surface area contributed by atoms with Gasteiger partial charge in [0.15, 0.2) is 0 Å². The largest absolute Gasteiger partial charge is 0.0579 e. The summed E-state index contributed by atoms with van der Waals surface area (Å²) in [6.45, 7) is 0. The molecule has 0 nitrogen and oxygen atoms in total. The minimum absolute atomic E-state index is 0.571. The van der Waals surface area contributed by atoms with Crippen LogP contribution in [0, 0.1) is 23.7 Å². The summed E-state index contributed by atoms with van der Waals surface area (Å²) in [5.74, 6) is 4.22. The first-order valence-electron chi connectivity index (χ1n) is 15.8. The van der Waals surface area contributed by atoms with E-state index in [1.54, 1.807) is 51.4 Å². The lowest BCUT2D eigenvalue weighted by Crippen LogP contribution is -2.37. The summed E-state index contributed by atoms with van der Waals surface area (Å²) in [4.78, 5) is 0. The molecule has 0 saturated heterocycles. The lowest BCUT2D eigenvalue weighted by molar-refractivity contribution is 0.346. The van der Waals surface area contributed by atoms with Gasteiger partial charge in [-0.05, 0) is 196 Å². The van der Waals surface area contributed by atoms with E-state index in [4.69, 9.17) is 0 Å². The minimum Gasteiger partial charge on any atom is -0.0579 e. The van der Waals surface area contributed by atoms with E-state index in [0.29, 0.717) is 21.7 Å². The van der Waals surface area contributed by atoms with Crippen molar-refractivity contribution in [3.05, 3.63) is 34.4 Å². The first kappa shape index (κ1) is 20.3. The molecule has 8 saturated carbocycles. The van der Waals surface area contributed by atoms with Crippen LogP contribution in [0.1, 0.15) is 151 Å². The summed E-state index contributed by atoms with van der Waals surface area (Å²) < 4.78 is 0. The van der Waals surface area contributed by atoms with Gasteiger partial charge in [-0.1, -0.05) is 12.1 Å². The Morgan fingerprint density at radius 2 is 0.647 bits per heavy atom. The van der Waals surface area contributed by atoms with Crippen LogP contribution in [-0.4, -0.2) is 0 Å². The molecule has 8 bridgehead atoms. The number of benzene rings is 1. The van der Waals surface area contributed by atoms with Gasteiger partial charge in [0.25, 0.3) is 0 Å². The molecule has 0 atom stereocenters. The highest BCUT2D eigenvalue weighted by Gasteiger charge is 2.58. The lowest BCUT2D eigenvalue weighted by Gasteiger charge is -2.46. The maximum atomic E-state index is 2.83. The van der Waals surface area contributed by atoms with Gasteiger partial charge in [0, 0.05) is 0 Å². The summed E-state index contributed by atoms with van der Waals surface area (Å²) in [6.07, 6.45) is 30.7. The molecule has 0 N–H and O–H groups in total. The fourth-order valence-electron chi connectivity index (χ4n) is 12.8. The molecule has 8 aliphatic rings. The molecule has 182 valence electrons. The van der Waals surface area contributed by atoms with Gasteiger partial charge in [-0.2, -0.15) is 0 Å². The van der Waals surface area contributed by atoms with Gasteiger partial charge >= 0.3 is 0 Å². The van der Waals surface area contributed by atoms with Gasteiger partial charge in [0.1, 0.15) is 0 Å². The molecular weight excluding hydrogens is 408 g/mol. The van der Waals surface area contributed by atoms with Gasteiger partial charge < -0.3 is 0 Å². The topological polar surface area (TPSA) is 0 Å². The van der Waals surface area contributed by atoms with Gasteiger partial charge in [0.05, 0.1) is 0 Å². The molecule has 0 aromatic heterocycles. The monoisotopic (exact) mass is 454 g/mol. The zero-order chi connectivity index (χ0) is 22.2. The van der Waals surface area contributed by atoms with E-state index < -0.39 is 0 Å². The van der Waals surface area contributed by atoms with E-state index in [1.165, 1.54) is 77.0 Å². The first-order chi connectivity index (χ1) is 16.6. The second kappa shape index (κ2) is 6.55. The zero-order valence-electron chi connectivity index (χ0n) is 21.6. The Morgan fingerprint density at radius 3 is 0.882 bits per heavy atom. The standard InChI is InChI=1S/C34H46/c1-2-28(32-13-5-24(20-32)6-14-32)30(34-17-9-26(22-34)10-18-34)29(33-15-7-25(21-33)8-16-33)27(1)31-11-3-23(19-31)4-12-31/h1-2,23-26H,3-22H2. The number of fused-ring (bicyclic) bond motifs is 8. The Balaban J connectivity index is 1.35. The van der Waals surface area contributed by atoms with Crippen molar-refractivity contribution < 1.29 is 0 Å².